The first-order valence-corrected chi connectivity index (χ1v) is 6.40. The van der Waals surface area contributed by atoms with E-state index in [1.807, 2.05) is 0 Å². The molecule has 0 aliphatic carbocycles. The third kappa shape index (κ3) is 3.78. The summed E-state index contributed by atoms with van der Waals surface area (Å²) in [5.74, 6) is -1.29. The fraction of sp³-hybridized carbons (Fsp3) is 0.462. The fourth-order valence-electron chi connectivity index (χ4n) is 2.19. The van der Waals surface area contributed by atoms with Crippen LogP contribution in [0.4, 0.5) is 13.2 Å². The number of phenols is 2. The highest BCUT2D eigenvalue weighted by Gasteiger charge is 2.41. The molecule has 1 aliphatic rings. The van der Waals surface area contributed by atoms with Crippen molar-refractivity contribution >= 4 is 5.91 Å². The molecule has 1 aliphatic heterocycles. The summed E-state index contributed by atoms with van der Waals surface area (Å²) in [5, 5.41) is 23.4. The minimum Gasteiger partial charge on any atom is -0.504 e. The molecule has 2 unspecified atom stereocenters. The number of aromatic hydroxyl groups is 2. The Hall–Kier alpha value is -1.96. The second kappa shape index (κ2) is 5.80. The van der Waals surface area contributed by atoms with Gasteiger partial charge in [-0.05, 0) is 31.0 Å². The maximum Gasteiger partial charge on any atom is 0.403 e. The van der Waals surface area contributed by atoms with Crippen molar-refractivity contribution in [3.8, 4) is 11.5 Å². The quantitative estimate of drug-likeness (QED) is 0.624. The lowest BCUT2D eigenvalue weighted by atomic mass is 10.00. The molecule has 8 heteroatoms. The van der Waals surface area contributed by atoms with Crippen LogP contribution >= 0.6 is 0 Å². The molecule has 0 bridgehead atoms. The molecule has 1 amide bonds. The number of amides is 1. The number of hydrogen-bond donors (Lipinski definition) is 4. The lowest BCUT2D eigenvalue weighted by Gasteiger charge is -2.31. The van der Waals surface area contributed by atoms with Crippen LogP contribution < -0.4 is 10.6 Å². The Balaban J connectivity index is 1.91. The fourth-order valence-corrected chi connectivity index (χ4v) is 2.19. The van der Waals surface area contributed by atoms with E-state index in [1.54, 1.807) is 0 Å². The van der Waals surface area contributed by atoms with Crippen LogP contribution in [0.25, 0.3) is 0 Å². The number of benzene rings is 1. The molecule has 21 heavy (non-hydrogen) atoms. The SMILES string of the molecule is O=C(NC1CCC(C(F)(F)F)NC1)c1ccc(O)c(O)c1. The third-order valence-electron chi connectivity index (χ3n) is 3.38. The maximum absolute atomic E-state index is 12.5. The Morgan fingerprint density at radius 1 is 1.24 bits per heavy atom. The van der Waals surface area contributed by atoms with Gasteiger partial charge in [0, 0.05) is 18.2 Å². The number of alkyl halides is 3. The van der Waals surface area contributed by atoms with Gasteiger partial charge in [-0.25, -0.2) is 0 Å². The van der Waals surface area contributed by atoms with Crippen LogP contribution in [0.1, 0.15) is 23.2 Å². The normalized spacial score (nSPS) is 22.8. The zero-order valence-electron chi connectivity index (χ0n) is 10.9. The minimum absolute atomic E-state index is 0.0278. The summed E-state index contributed by atoms with van der Waals surface area (Å²) < 4.78 is 37.4. The second-order valence-corrected chi connectivity index (χ2v) is 4.95. The summed E-state index contributed by atoms with van der Waals surface area (Å²) in [6.45, 7) is 0.0278. The van der Waals surface area contributed by atoms with Crippen molar-refractivity contribution in [1.29, 1.82) is 0 Å². The van der Waals surface area contributed by atoms with Crippen LogP contribution in [0.2, 0.25) is 0 Å². The molecule has 116 valence electrons. The molecule has 1 fully saturated rings. The lowest BCUT2D eigenvalue weighted by molar-refractivity contribution is -0.160. The first-order chi connectivity index (χ1) is 9.77. The standard InChI is InChI=1S/C13H15F3N2O3/c14-13(15,16)11-4-2-8(6-17-11)18-12(21)7-1-3-9(19)10(20)5-7/h1,3,5,8,11,17,19-20H,2,4,6H2,(H,18,21). The summed E-state index contributed by atoms with van der Waals surface area (Å²) in [6, 6.07) is 1.64. The summed E-state index contributed by atoms with van der Waals surface area (Å²) in [4.78, 5) is 11.9. The van der Waals surface area contributed by atoms with Crippen molar-refractivity contribution in [3.05, 3.63) is 23.8 Å². The van der Waals surface area contributed by atoms with Gasteiger partial charge in [0.2, 0.25) is 0 Å². The smallest absolute Gasteiger partial charge is 0.403 e. The van der Waals surface area contributed by atoms with Crippen LogP contribution in [-0.2, 0) is 0 Å². The molecular weight excluding hydrogens is 289 g/mol. The second-order valence-electron chi connectivity index (χ2n) is 4.95. The van der Waals surface area contributed by atoms with Crippen LogP contribution in [0, 0.1) is 0 Å². The number of hydrogen-bond acceptors (Lipinski definition) is 4. The highest BCUT2D eigenvalue weighted by molar-refractivity contribution is 5.95. The predicted molar refractivity (Wildman–Crippen MR) is 68.1 cm³/mol. The van der Waals surface area contributed by atoms with E-state index in [0.717, 1.165) is 6.07 Å². The van der Waals surface area contributed by atoms with Gasteiger partial charge in [-0.1, -0.05) is 0 Å². The van der Waals surface area contributed by atoms with Crippen LogP contribution in [0.3, 0.4) is 0 Å². The Morgan fingerprint density at radius 3 is 2.48 bits per heavy atom. The molecule has 1 heterocycles. The zero-order valence-corrected chi connectivity index (χ0v) is 10.9. The number of halogens is 3. The van der Waals surface area contributed by atoms with E-state index in [9.17, 15) is 23.1 Å². The van der Waals surface area contributed by atoms with Gasteiger partial charge in [0.25, 0.3) is 5.91 Å². The molecular formula is C13H15F3N2O3. The molecule has 1 saturated heterocycles. The minimum atomic E-state index is -4.28. The molecule has 1 aromatic rings. The Bertz CT molecular complexity index is 526. The van der Waals surface area contributed by atoms with Gasteiger partial charge in [0.05, 0.1) is 0 Å². The van der Waals surface area contributed by atoms with Crippen molar-refractivity contribution in [2.75, 3.05) is 6.54 Å². The topological polar surface area (TPSA) is 81.6 Å². The molecule has 5 nitrogen and oxygen atoms in total. The largest absolute Gasteiger partial charge is 0.504 e. The Kier molecular flexibility index (Phi) is 4.26. The van der Waals surface area contributed by atoms with Crippen LogP contribution in [0.5, 0.6) is 11.5 Å². The van der Waals surface area contributed by atoms with E-state index < -0.39 is 29.9 Å². The number of carbonyl (C=O) groups excluding carboxylic acids is 1. The summed E-state index contributed by atoms with van der Waals surface area (Å²) >= 11 is 0. The average Bonchev–Trinajstić information content (AvgIpc) is 2.41. The summed E-state index contributed by atoms with van der Waals surface area (Å²) in [5.41, 5.74) is 0.128. The van der Waals surface area contributed by atoms with E-state index in [-0.39, 0.29) is 30.7 Å². The first kappa shape index (κ1) is 15.4. The summed E-state index contributed by atoms with van der Waals surface area (Å²) in [6.07, 6.45) is -4.17. The molecule has 0 aromatic heterocycles. The van der Waals surface area contributed by atoms with Gasteiger partial charge < -0.3 is 20.8 Å². The monoisotopic (exact) mass is 304 g/mol. The van der Waals surface area contributed by atoms with Crippen molar-refractivity contribution in [3.63, 3.8) is 0 Å². The van der Waals surface area contributed by atoms with Crippen LogP contribution in [-0.4, -0.2) is 40.9 Å². The molecule has 0 radical (unpaired) electrons. The number of phenolic OH excluding ortho intramolecular Hbond substituents is 2. The van der Waals surface area contributed by atoms with Crippen molar-refractivity contribution in [2.24, 2.45) is 0 Å². The number of piperidine rings is 1. The summed E-state index contributed by atoms with van der Waals surface area (Å²) in [7, 11) is 0. The highest BCUT2D eigenvalue weighted by atomic mass is 19.4. The Morgan fingerprint density at radius 2 is 1.95 bits per heavy atom. The van der Waals surface area contributed by atoms with E-state index in [2.05, 4.69) is 10.6 Å². The van der Waals surface area contributed by atoms with Crippen molar-refractivity contribution in [2.45, 2.75) is 31.1 Å². The van der Waals surface area contributed by atoms with Gasteiger partial charge >= 0.3 is 6.18 Å². The number of rotatable bonds is 2. The highest BCUT2D eigenvalue weighted by Crippen LogP contribution is 2.27. The third-order valence-corrected chi connectivity index (χ3v) is 3.38. The van der Waals surface area contributed by atoms with Gasteiger partial charge in [-0.2, -0.15) is 13.2 Å². The average molecular weight is 304 g/mol. The molecule has 0 spiro atoms. The molecule has 0 saturated carbocycles. The first-order valence-electron chi connectivity index (χ1n) is 6.40. The van der Waals surface area contributed by atoms with E-state index in [1.165, 1.54) is 12.1 Å². The van der Waals surface area contributed by atoms with Crippen LogP contribution in [0.15, 0.2) is 18.2 Å². The number of carbonyl (C=O) groups is 1. The van der Waals surface area contributed by atoms with Crippen molar-refractivity contribution < 1.29 is 28.2 Å². The molecule has 2 rings (SSSR count). The Labute approximate surface area is 118 Å². The van der Waals surface area contributed by atoms with E-state index in [4.69, 9.17) is 5.11 Å². The molecule has 2 atom stereocenters. The lowest BCUT2D eigenvalue weighted by Crippen LogP contribution is -2.54. The molecule has 4 N–H and O–H groups in total. The van der Waals surface area contributed by atoms with E-state index >= 15 is 0 Å². The number of nitrogens with one attached hydrogen (secondary N) is 2. The molecule has 1 aromatic carbocycles. The van der Waals surface area contributed by atoms with Gasteiger partial charge in [-0.3, -0.25) is 4.79 Å². The van der Waals surface area contributed by atoms with Crippen molar-refractivity contribution in [1.82, 2.24) is 10.6 Å². The zero-order chi connectivity index (χ0) is 15.6. The van der Waals surface area contributed by atoms with Gasteiger partial charge in [-0.15, -0.1) is 0 Å². The van der Waals surface area contributed by atoms with E-state index in [0.29, 0.717) is 0 Å². The maximum atomic E-state index is 12.5. The van der Waals surface area contributed by atoms with Gasteiger partial charge in [0.1, 0.15) is 6.04 Å². The predicted octanol–water partition coefficient (Wildman–Crippen LogP) is 1.51. The van der Waals surface area contributed by atoms with Gasteiger partial charge in [0.15, 0.2) is 11.5 Å².